The van der Waals surface area contributed by atoms with Crippen LogP contribution in [0.25, 0.3) is 22.2 Å². The van der Waals surface area contributed by atoms with Crippen LogP contribution in [0, 0.1) is 5.82 Å². The first-order valence-electron chi connectivity index (χ1n) is 8.71. The largest absolute Gasteiger partial charge is 0.357 e. The average molecular weight is 370 g/mol. The van der Waals surface area contributed by atoms with Gasteiger partial charge >= 0.3 is 0 Å². The van der Waals surface area contributed by atoms with Crippen LogP contribution in [0.1, 0.15) is 25.7 Å². The SMILES string of the molecule is O=C(CSc1ncnc2c(-c3cccc(F)c3)c[nH]c12)NC1CCCC1. The molecule has 0 radical (unpaired) electrons. The van der Waals surface area contributed by atoms with Crippen LogP contribution in [0.3, 0.4) is 0 Å². The van der Waals surface area contributed by atoms with E-state index in [-0.39, 0.29) is 11.7 Å². The first kappa shape index (κ1) is 17.0. The standard InChI is InChI=1S/C19H19FN4OS/c20-13-5-3-4-12(8-13)15-9-21-18-17(15)22-11-23-19(18)26-10-16(25)24-14-6-1-2-7-14/h3-5,8-9,11,14,21H,1-2,6-7,10H2,(H,24,25). The third-order valence-electron chi connectivity index (χ3n) is 4.62. The van der Waals surface area contributed by atoms with Gasteiger partial charge in [-0.15, -0.1) is 0 Å². The van der Waals surface area contributed by atoms with Crippen molar-refractivity contribution in [2.24, 2.45) is 0 Å². The number of halogens is 1. The van der Waals surface area contributed by atoms with Gasteiger partial charge in [-0.2, -0.15) is 0 Å². The fraction of sp³-hybridized carbons (Fsp3) is 0.316. The van der Waals surface area contributed by atoms with E-state index in [4.69, 9.17) is 0 Å². The normalized spacial score (nSPS) is 14.8. The van der Waals surface area contributed by atoms with Crippen molar-refractivity contribution in [2.75, 3.05) is 5.75 Å². The minimum absolute atomic E-state index is 0.0329. The zero-order valence-corrected chi connectivity index (χ0v) is 15.0. The number of carbonyl (C=O) groups excluding carboxylic acids is 1. The van der Waals surface area contributed by atoms with Crippen LogP contribution in [-0.2, 0) is 4.79 Å². The highest BCUT2D eigenvalue weighted by atomic mass is 32.2. The van der Waals surface area contributed by atoms with Crippen molar-refractivity contribution < 1.29 is 9.18 Å². The van der Waals surface area contributed by atoms with Crippen LogP contribution in [-0.4, -0.2) is 32.7 Å². The number of amides is 1. The number of hydrogen-bond donors (Lipinski definition) is 2. The number of nitrogens with zero attached hydrogens (tertiary/aromatic N) is 2. The summed E-state index contributed by atoms with van der Waals surface area (Å²) in [5, 5.41) is 3.80. The molecule has 2 aromatic heterocycles. The number of rotatable bonds is 5. The van der Waals surface area contributed by atoms with Crippen molar-refractivity contribution in [1.29, 1.82) is 0 Å². The Kier molecular flexibility index (Phi) is 4.88. The lowest BCUT2D eigenvalue weighted by Crippen LogP contribution is -2.33. The molecular formula is C19H19FN4OS. The molecule has 7 heteroatoms. The molecule has 0 atom stereocenters. The molecule has 1 fully saturated rings. The van der Waals surface area contributed by atoms with Crippen molar-refractivity contribution in [3.63, 3.8) is 0 Å². The van der Waals surface area contributed by atoms with Crippen LogP contribution >= 0.6 is 11.8 Å². The van der Waals surface area contributed by atoms with Crippen molar-refractivity contribution in [3.8, 4) is 11.1 Å². The summed E-state index contributed by atoms with van der Waals surface area (Å²) in [4.78, 5) is 24.0. The Morgan fingerprint density at radius 2 is 2.15 bits per heavy atom. The van der Waals surface area contributed by atoms with Gasteiger partial charge in [-0.25, -0.2) is 14.4 Å². The fourth-order valence-electron chi connectivity index (χ4n) is 3.38. The molecule has 1 aliphatic rings. The number of aromatic nitrogens is 3. The van der Waals surface area contributed by atoms with Crippen LogP contribution in [0.4, 0.5) is 4.39 Å². The van der Waals surface area contributed by atoms with Gasteiger partial charge in [-0.3, -0.25) is 4.79 Å². The predicted molar refractivity (Wildman–Crippen MR) is 100 cm³/mol. The molecule has 2 N–H and O–H groups in total. The summed E-state index contributed by atoms with van der Waals surface area (Å²) < 4.78 is 13.5. The number of fused-ring (bicyclic) bond motifs is 1. The van der Waals surface area contributed by atoms with Crippen LogP contribution in [0.2, 0.25) is 0 Å². The number of hydrogen-bond acceptors (Lipinski definition) is 4. The molecule has 2 heterocycles. The summed E-state index contributed by atoms with van der Waals surface area (Å²) in [5.41, 5.74) is 3.07. The van der Waals surface area contributed by atoms with Gasteiger partial charge in [0.1, 0.15) is 22.7 Å². The van der Waals surface area contributed by atoms with Gasteiger partial charge in [0, 0.05) is 17.8 Å². The Balaban J connectivity index is 1.52. The maximum absolute atomic E-state index is 13.5. The Bertz CT molecular complexity index is 936. The number of benzene rings is 1. The molecule has 3 aromatic rings. The Hall–Kier alpha value is -2.41. The molecule has 4 rings (SSSR count). The molecule has 0 bridgehead atoms. The van der Waals surface area contributed by atoms with Crippen LogP contribution < -0.4 is 5.32 Å². The highest BCUT2D eigenvalue weighted by Crippen LogP contribution is 2.31. The highest BCUT2D eigenvalue weighted by molar-refractivity contribution is 8.00. The monoisotopic (exact) mass is 370 g/mol. The van der Waals surface area contributed by atoms with E-state index in [0.717, 1.165) is 40.0 Å². The lowest BCUT2D eigenvalue weighted by molar-refractivity contribution is -0.119. The van der Waals surface area contributed by atoms with Crippen LogP contribution in [0.5, 0.6) is 0 Å². The smallest absolute Gasteiger partial charge is 0.230 e. The predicted octanol–water partition coefficient (Wildman–Crippen LogP) is 3.91. The van der Waals surface area contributed by atoms with Gasteiger partial charge in [0.25, 0.3) is 0 Å². The summed E-state index contributed by atoms with van der Waals surface area (Å²) in [7, 11) is 0. The molecule has 5 nitrogen and oxygen atoms in total. The average Bonchev–Trinajstić information content (AvgIpc) is 3.29. The second-order valence-corrected chi connectivity index (χ2v) is 7.42. The molecule has 1 aromatic carbocycles. The van der Waals surface area contributed by atoms with E-state index in [1.54, 1.807) is 12.3 Å². The van der Waals surface area contributed by atoms with E-state index in [0.29, 0.717) is 11.8 Å². The van der Waals surface area contributed by atoms with Crippen molar-refractivity contribution in [3.05, 3.63) is 42.6 Å². The van der Waals surface area contributed by atoms with Gasteiger partial charge in [0.2, 0.25) is 5.91 Å². The molecule has 1 aliphatic carbocycles. The topological polar surface area (TPSA) is 70.7 Å². The van der Waals surface area contributed by atoms with E-state index >= 15 is 0 Å². The quantitative estimate of drug-likeness (QED) is 0.528. The van der Waals surface area contributed by atoms with Gasteiger partial charge in [-0.05, 0) is 30.5 Å². The fourth-order valence-corrected chi connectivity index (χ4v) is 4.15. The lowest BCUT2D eigenvalue weighted by atomic mass is 10.1. The van der Waals surface area contributed by atoms with Gasteiger partial charge < -0.3 is 10.3 Å². The molecule has 26 heavy (non-hydrogen) atoms. The van der Waals surface area contributed by atoms with Gasteiger partial charge in [0.05, 0.1) is 11.3 Å². The van der Waals surface area contributed by atoms with Crippen molar-refractivity contribution >= 4 is 28.7 Å². The molecule has 0 unspecified atom stereocenters. The van der Waals surface area contributed by atoms with Gasteiger partial charge in [0.15, 0.2) is 0 Å². The highest BCUT2D eigenvalue weighted by Gasteiger charge is 2.18. The number of H-pyrrole nitrogens is 1. The summed E-state index contributed by atoms with van der Waals surface area (Å²) in [6, 6.07) is 6.73. The first-order valence-corrected chi connectivity index (χ1v) is 9.69. The lowest BCUT2D eigenvalue weighted by Gasteiger charge is -2.11. The van der Waals surface area contributed by atoms with E-state index in [9.17, 15) is 9.18 Å². The minimum atomic E-state index is -0.288. The van der Waals surface area contributed by atoms with Gasteiger partial charge in [-0.1, -0.05) is 36.7 Å². The molecule has 1 amide bonds. The second-order valence-electron chi connectivity index (χ2n) is 6.45. The zero-order chi connectivity index (χ0) is 17.9. The molecule has 1 saturated carbocycles. The molecule has 0 aliphatic heterocycles. The van der Waals surface area contributed by atoms with E-state index in [1.807, 2.05) is 6.07 Å². The summed E-state index contributed by atoms with van der Waals surface area (Å²) in [5.74, 6) is 0.0615. The number of aromatic amines is 1. The maximum atomic E-state index is 13.5. The molecular weight excluding hydrogens is 351 g/mol. The molecule has 0 saturated heterocycles. The van der Waals surface area contributed by atoms with Crippen molar-refractivity contribution in [2.45, 2.75) is 36.8 Å². The van der Waals surface area contributed by atoms with E-state index in [2.05, 4.69) is 20.3 Å². The number of nitrogens with one attached hydrogen (secondary N) is 2. The van der Waals surface area contributed by atoms with E-state index in [1.165, 1.54) is 43.1 Å². The maximum Gasteiger partial charge on any atom is 0.230 e. The first-order chi connectivity index (χ1) is 12.7. The summed E-state index contributed by atoms with van der Waals surface area (Å²) >= 11 is 1.38. The third-order valence-corrected chi connectivity index (χ3v) is 5.61. The summed E-state index contributed by atoms with van der Waals surface area (Å²) in [6.07, 6.45) is 7.81. The van der Waals surface area contributed by atoms with Crippen LogP contribution in [0.15, 0.2) is 41.8 Å². The Labute approximate surface area is 154 Å². The second kappa shape index (κ2) is 7.45. The zero-order valence-electron chi connectivity index (χ0n) is 14.2. The minimum Gasteiger partial charge on any atom is -0.357 e. The Morgan fingerprint density at radius 3 is 2.96 bits per heavy atom. The third kappa shape index (κ3) is 3.58. The van der Waals surface area contributed by atoms with Crippen molar-refractivity contribution in [1.82, 2.24) is 20.3 Å². The molecule has 0 spiro atoms. The summed E-state index contributed by atoms with van der Waals surface area (Å²) in [6.45, 7) is 0. The Morgan fingerprint density at radius 1 is 1.31 bits per heavy atom. The molecule has 134 valence electrons. The number of thioether (sulfide) groups is 1. The number of carbonyl (C=O) groups is 1. The van der Waals surface area contributed by atoms with E-state index < -0.39 is 0 Å².